The van der Waals surface area contributed by atoms with E-state index in [1.165, 1.54) is 0 Å². The number of hydrogen-bond donors (Lipinski definition) is 7. The zero-order valence-electron chi connectivity index (χ0n) is 7.68. The lowest BCUT2D eigenvalue weighted by Gasteiger charge is -2.09. The van der Waals surface area contributed by atoms with E-state index >= 15 is 0 Å². The third kappa shape index (κ3) is 2.50. The first kappa shape index (κ1) is 9.56. The number of hydrazine groups is 2. The van der Waals surface area contributed by atoms with Crippen LogP contribution in [-0.2, 0) is 0 Å². The minimum Gasteiger partial charge on any atom is -0.267 e. The summed E-state index contributed by atoms with van der Waals surface area (Å²) in [5.74, 6) is 0.452. The summed E-state index contributed by atoms with van der Waals surface area (Å²) in [6.07, 6.45) is 0. The normalized spacial score (nSPS) is 9.50. The number of nitrogens with zero attached hydrogens (tertiary/aromatic N) is 6. The van der Waals surface area contributed by atoms with E-state index in [4.69, 9.17) is 5.41 Å². The molecule has 2 aromatic heterocycles. The van der Waals surface area contributed by atoms with Crippen molar-refractivity contribution in [2.75, 3.05) is 10.9 Å². The van der Waals surface area contributed by atoms with Crippen LogP contribution in [0.15, 0.2) is 0 Å². The molecule has 0 unspecified atom stereocenters. The largest absolute Gasteiger partial charge is 0.267 e. The highest BCUT2D eigenvalue weighted by atomic mass is 15.6. The first-order chi connectivity index (χ1) is 7.84. The van der Waals surface area contributed by atoms with Gasteiger partial charge in [0.2, 0.25) is 5.96 Å². The van der Waals surface area contributed by atoms with Crippen molar-refractivity contribution in [3.63, 3.8) is 0 Å². The summed E-state index contributed by atoms with van der Waals surface area (Å²) in [5, 5.41) is 32.6. The fourth-order valence-corrected chi connectivity index (χ4v) is 0.699. The minimum absolute atomic E-state index is 0.0900. The topological polar surface area (TPSA) is 181 Å². The Morgan fingerprint density at radius 2 is 1.44 bits per heavy atom. The van der Waals surface area contributed by atoms with Gasteiger partial charge in [-0.3, -0.25) is 27.1 Å². The zero-order chi connectivity index (χ0) is 11.2. The Morgan fingerprint density at radius 1 is 0.938 bits per heavy atom. The third-order valence-electron chi connectivity index (χ3n) is 1.30. The van der Waals surface area contributed by atoms with Gasteiger partial charge in [-0.15, -0.1) is 0 Å². The Hall–Kier alpha value is -2.99. The monoisotopic (exact) mass is 225 g/mol. The van der Waals surface area contributed by atoms with Gasteiger partial charge in [-0.1, -0.05) is 10.2 Å². The molecule has 0 saturated carbocycles. The van der Waals surface area contributed by atoms with E-state index in [0.717, 1.165) is 0 Å². The van der Waals surface area contributed by atoms with E-state index in [1.807, 2.05) is 0 Å². The van der Waals surface area contributed by atoms with Gasteiger partial charge < -0.3 is 0 Å². The van der Waals surface area contributed by atoms with Gasteiger partial charge in [-0.25, -0.2) is 10.2 Å². The van der Waals surface area contributed by atoms with Crippen molar-refractivity contribution in [1.29, 1.82) is 5.41 Å². The van der Waals surface area contributed by atoms with E-state index < -0.39 is 0 Å². The van der Waals surface area contributed by atoms with E-state index in [0.29, 0.717) is 0 Å². The highest BCUT2D eigenvalue weighted by Gasteiger charge is 1.98. The highest BCUT2D eigenvalue weighted by Crippen LogP contribution is 1.86. The summed E-state index contributed by atoms with van der Waals surface area (Å²) < 4.78 is 0. The second kappa shape index (κ2) is 4.49. The zero-order valence-corrected chi connectivity index (χ0v) is 7.68. The van der Waals surface area contributed by atoms with Crippen LogP contribution in [0.1, 0.15) is 0 Å². The predicted molar refractivity (Wildman–Crippen MR) is 49.6 cm³/mol. The van der Waals surface area contributed by atoms with Gasteiger partial charge in [0.05, 0.1) is 0 Å². The standard InChI is InChI=1S/C3H7N13/c4-1(5-7-2-9-13-14-10-2)6-8-3-11-15-16-12-3/h(H3,4,5,6)(H2,7,9,10,13,14)(H2,8,11,12,15,16). The number of H-pyrrole nitrogens is 2. The number of hydrogen-bond acceptors (Lipinski definition) is 9. The van der Waals surface area contributed by atoms with Crippen molar-refractivity contribution < 1.29 is 0 Å². The van der Waals surface area contributed by atoms with Gasteiger partial charge in [0.1, 0.15) is 0 Å². The molecule has 0 spiro atoms. The molecular formula is C3H7N13. The quantitative estimate of drug-likeness (QED) is 0.163. The second-order valence-electron chi connectivity index (χ2n) is 2.37. The summed E-state index contributed by atoms with van der Waals surface area (Å²) >= 11 is 0. The third-order valence-corrected chi connectivity index (χ3v) is 1.30. The second-order valence-corrected chi connectivity index (χ2v) is 2.37. The summed E-state index contributed by atoms with van der Waals surface area (Å²) in [6.45, 7) is 0. The number of guanidine groups is 1. The molecule has 0 bridgehead atoms. The minimum atomic E-state index is -0.0900. The molecule has 2 rings (SSSR count). The Balaban J connectivity index is 1.69. The summed E-state index contributed by atoms with van der Waals surface area (Å²) in [7, 11) is 0. The highest BCUT2D eigenvalue weighted by molar-refractivity contribution is 5.78. The molecule has 2 heterocycles. The van der Waals surface area contributed by atoms with Gasteiger partial charge in [0.15, 0.2) is 0 Å². The molecule has 13 nitrogen and oxygen atoms in total. The van der Waals surface area contributed by atoms with Crippen molar-refractivity contribution in [2.45, 2.75) is 0 Å². The van der Waals surface area contributed by atoms with Crippen LogP contribution in [0.4, 0.5) is 11.9 Å². The SMILES string of the molecule is N=C(NNc1nnn[nH]1)NNc1nnn[nH]1. The molecule has 0 aromatic carbocycles. The van der Waals surface area contributed by atoms with E-state index in [-0.39, 0.29) is 17.9 Å². The maximum atomic E-state index is 7.38. The molecule has 16 heavy (non-hydrogen) atoms. The fourth-order valence-electron chi connectivity index (χ4n) is 0.699. The number of aromatic amines is 2. The summed E-state index contributed by atoms with van der Waals surface area (Å²) in [4.78, 5) is 0. The van der Waals surface area contributed by atoms with Crippen molar-refractivity contribution in [3.8, 4) is 0 Å². The Kier molecular flexibility index (Phi) is 2.68. The lowest BCUT2D eigenvalue weighted by Crippen LogP contribution is -2.43. The van der Waals surface area contributed by atoms with Crippen LogP contribution >= 0.6 is 0 Å². The molecule has 84 valence electrons. The molecule has 0 aliphatic heterocycles. The van der Waals surface area contributed by atoms with Gasteiger partial charge in [-0.2, -0.15) is 0 Å². The average Bonchev–Trinajstić information content (AvgIpc) is 2.96. The Labute approximate surface area is 87.2 Å². The number of rotatable bonds is 4. The van der Waals surface area contributed by atoms with Crippen LogP contribution in [0.3, 0.4) is 0 Å². The number of aromatic nitrogens is 8. The van der Waals surface area contributed by atoms with Crippen molar-refractivity contribution in [1.82, 2.24) is 52.1 Å². The van der Waals surface area contributed by atoms with Crippen LogP contribution in [0, 0.1) is 5.41 Å². The molecule has 7 N–H and O–H groups in total. The Morgan fingerprint density at radius 3 is 1.81 bits per heavy atom. The average molecular weight is 225 g/mol. The first-order valence-corrected chi connectivity index (χ1v) is 3.94. The van der Waals surface area contributed by atoms with Gasteiger partial charge in [-0.05, 0) is 20.9 Å². The van der Waals surface area contributed by atoms with E-state index in [2.05, 4.69) is 63.0 Å². The molecule has 0 amide bonds. The van der Waals surface area contributed by atoms with Gasteiger partial charge in [0.25, 0.3) is 11.9 Å². The molecule has 0 radical (unpaired) electrons. The summed E-state index contributed by atoms with van der Waals surface area (Å²) in [5.41, 5.74) is 9.95. The molecule has 2 aromatic rings. The van der Waals surface area contributed by atoms with Crippen LogP contribution in [0.5, 0.6) is 0 Å². The van der Waals surface area contributed by atoms with Crippen LogP contribution < -0.4 is 21.7 Å². The molecule has 0 saturated heterocycles. The van der Waals surface area contributed by atoms with Crippen LogP contribution in [-0.4, -0.2) is 47.2 Å². The number of nitrogens with one attached hydrogen (secondary N) is 7. The molecule has 0 aliphatic rings. The van der Waals surface area contributed by atoms with Crippen molar-refractivity contribution >= 4 is 17.9 Å². The molecular weight excluding hydrogens is 218 g/mol. The number of tetrazole rings is 2. The number of anilines is 2. The first-order valence-electron chi connectivity index (χ1n) is 3.94. The van der Waals surface area contributed by atoms with E-state index in [9.17, 15) is 0 Å². The molecule has 13 heteroatoms. The van der Waals surface area contributed by atoms with Crippen molar-refractivity contribution in [3.05, 3.63) is 0 Å². The van der Waals surface area contributed by atoms with E-state index in [1.54, 1.807) is 0 Å². The van der Waals surface area contributed by atoms with Gasteiger partial charge >= 0.3 is 0 Å². The molecule has 0 aliphatic carbocycles. The van der Waals surface area contributed by atoms with Crippen LogP contribution in [0.2, 0.25) is 0 Å². The fraction of sp³-hybridized carbons (Fsp3) is 0. The molecule has 0 atom stereocenters. The smallest absolute Gasteiger partial charge is 0.259 e. The predicted octanol–water partition coefficient (Wildman–Crippen LogP) is -2.82. The summed E-state index contributed by atoms with van der Waals surface area (Å²) in [6, 6.07) is 0. The maximum Gasteiger partial charge on any atom is 0.259 e. The van der Waals surface area contributed by atoms with Gasteiger partial charge in [0, 0.05) is 0 Å². The lowest BCUT2D eigenvalue weighted by atomic mass is 11.0. The lowest BCUT2D eigenvalue weighted by molar-refractivity contribution is 0.881. The van der Waals surface area contributed by atoms with Crippen molar-refractivity contribution in [2.24, 2.45) is 0 Å². The molecule has 0 fully saturated rings. The maximum absolute atomic E-state index is 7.38. The Bertz CT molecular complexity index is 372. The van der Waals surface area contributed by atoms with Crippen LogP contribution in [0.25, 0.3) is 0 Å².